The van der Waals surface area contributed by atoms with Gasteiger partial charge in [-0.05, 0) is 23.8 Å². The topological polar surface area (TPSA) is 66.0 Å². The molecule has 0 radical (unpaired) electrons. The van der Waals surface area contributed by atoms with Crippen LogP contribution in [0, 0.1) is 0 Å². The summed E-state index contributed by atoms with van der Waals surface area (Å²) in [4.78, 5) is 12.2. The Hall–Kier alpha value is -2.80. The van der Waals surface area contributed by atoms with Gasteiger partial charge in [-0.3, -0.25) is 5.01 Å². The fraction of sp³-hybridized carbons (Fsp3) is 0.200. The van der Waals surface area contributed by atoms with E-state index in [-0.39, 0.29) is 6.03 Å². The summed E-state index contributed by atoms with van der Waals surface area (Å²) in [5, 5.41) is 11.8. The van der Waals surface area contributed by atoms with E-state index in [0.29, 0.717) is 24.4 Å². The van der Waals surface area contributed by atoms with E-state index in [1.165, 1.54) is 0 Å². The summed E-state index contributed by atoms with van der Waals surface area (Å²) in [7, 11) is 3.50. The lowest BCUT2D eigenvalue weighted by Gasteiger charge is -2.24. The summed E-state index contributed by atoms with van der Waals surface area (Å²) in [6.07, 6.45) is 2.54. The third-order valence-corrected chi connectivity index (χ3v) is 4.81. The van der Waals surface area contributed by atoms with Gasteiger partial charge in [0.25, 0.3) is 0 Å². The third kappa shape index (κ3) is 4.68. The van der Waals surface area contributed by atoms with Gasteiger partial charge in [0, 0.05) is 42.0 Å². The van der Waals surface area contributed by atoms with Crippen LogP contribution in [0.4, 0.5) is 10.5 Å². The standard InChI is InChI=1S/C20H21BrN4O2/c1-25-19(17(21)10-11-23-25)16-12-15(8-9-18(16)27-2)24-20(26)22-13-14-6-4-3-5-7-14/h3-9,11-12H,10,13H2,1-2H3,(H2,22,24,26). The molecule has 0 unspecified atom stereocenters. The van der Waals surface area contributed by atoms with Crippen molar-refractivity contribution in [3.8, 4) is 5.75 Å². The Morgan fingerprint density at radius 1 is 1.26 bits per heavy atom. The van der Waals surface area contributed by atoms with E-state index in [0.717, 1.165) is 21.3 Å². The van der Waals surface area contributed by atoms with Gasteiger partial charge in [0.05, 0.1) is 12.8 Å². The molecule has 0 saturated heterocycles. The minimum Gasteiger partial charge on any atom is -0.496 e. The average molecular weight is 429 g/mol. The van der Waals surface area contributed by atoms with E-state index in [1.54, 1.807) is 12.1 Å². The highest BCUT2D eigenvalue weighted by Gasteiger charge is 2.19. The lowest BCUT2D eigenvalue weighted by molar-refractivity contribution is 0.251. The van der Waals surface area contributed by atoms with Gasteiger partial charge in [0.15, 0.2) is 0 Å². The van der Waals surface area contributed by atoms with Crippen LogP contribution in [-0.4, -0.2) is 31.4 Å². The number of methoxy groups -OCH3 is 1. The number of hydrogen-bond acceptors (Lipinski definition) is 4. The highest BCUT2D eigenvalue weighted by Crippen LogP contribution is 2.36. The van der Waals surface area contributed by atoms with Crippen molar-refractivity contribution in [2.75, 3.05) is 19.5 Å². The number of carbonyl (C=O) groups excluding carboxylic acids is 1. The van der Waals surface area contributed by atoms with Crippen molar-refractivity contribution in [2.45, 2.75) is 13.0 Å². The smallest absolute Gasteiger partial charge is 0.319 e. The van der Waals surface area contributed by atoms with Crippen LogP contribution in [0.25, 0.3) is 5.70 Å². The Bertz CT molecular complexity index is 881. The van der Waals surface area contributed by atoms with Crippen molar-refractivity contribution in [3.05, 3.63) is 64.1 Å². The Morgan fingerprint density at radius 2 is 2.04 bits per heavy atom. The molecule has 0 bridgehead atoms. The van der Waals surface area contributed by atoms with Gasteiger partial charge in [-0.25, -0.2) is 4.79 Å². The highest BCUT2D eigenvalue weighted by atomic mass is 79.9. The first kappa shape index (κ1) is 19.0. The van der Waals surface area contributed by atoms with Crippen LogP contribution in [0.2, 0.25) is 0 Å². The normalized spacial score (nSPS) is 13.5. The monoisotopic (exact) mass is 428 g/mol. The molecule has 2 N–H and O–H groups in total. The van der Waals surface area contributed by atoms with E-state index >= 15 is 0 Å². The van der Waals surface area contributed by atoms with E-state index in [9.17, 15) is 4.79 Å². The average Bonchev–Trinajstić information content (AvgIpc) is 2.67. The zero-order chi connectivity index (χ0) is 19.2. The first-order valence-corrected chi connectivity index (χ1v) is 9.30. The van der Waals surface area contributed by atoms with Crippen LogP contribution >= 0.6 is 15.9 Å². The van der Waals surface area contributed by atoms with Gasteiger partial charge in [-0.15, -0.1) is 0 Å². The molecular formula is C20H21BrN4O2. The predicted octanol–water partition coefficient (Wildman–Crippen LogP) is 4.40. The van der Waals surface area contributed by atoms with E-state index in [1.807, 2.05) is 61.8 Å². The predicted molar refractivity (Wildman–Crippen MR) is 112 cm³/mol. The van der Waals surface area contributed by atoms with Crippen LogP contribution in [0.1, 0.15) is 17.5 Å². The van der Waals surface area contributed by atoms with Crippen molar-refractivity contribution in [3.63, 3.8) is 0 Å². The van der Waals surface area contributed by atoms with Gasteiger partial charge in [0.1, 0.15) is 5.75 Å². The number of urea groups is 1. The Labute approximate surface area is 167 Å². The summed E-state index contributed by atoms with van der Waals surface area (Å²) in [5.41, 5.74) is 3.47. The lowest BCUT2D eigenvalue weighted by atomic mass is 10.1. The molecule has 1 aliphatic rings. The Kier molecular flexibility index (Phi) is 6.13. The second kappa shape index (κ2) is 8.73. The van der Waals surface area contributed by atoms with Crippen molar-refractivity contribution < 1.29 is 9.53 Å². The number of hydrogen-bond donors (Lipinski definition) is 2. The van der Waals surface area contributed by atoms with Crippen molar-refractivity contribution >= 4 is 39.6 Å². The zero-order valence-corrected chi connectivity index (χ0v) is 16.8. The maximum Gasteiger partial charge on any atom is 0.319 e. The maximum absolute atomic E-state index is 12.2. The molecule has 2 aromatic carbocycles. The first-order valence-electron chi connectivity index (χ1n) is 8.50. The molecule has 1 aliphatic heterocycles. The largest absolute Gasteiger partial charge is 0.496 e. The number of anilines is 1. The minimum absolute atomic E-state index is 0.266. The van der Waals surface area contributed by atoms with E-state index in [2.05, 4.69) is 31.7 Å². The molecule has 7 heteroatoms. The molecule has 2 aromatic rings. The van der Waals surface area contributed by atoms with Crippen LogP contribution in [0.15, 0.2) is 58.1 Å². The number of carbonyl (C=O) groups is 1. The number of allylic oxidation sites excluding steroid dienone is 1. The molecule has 0 aromatic heterocycles. The fourth-order valence-corrected chi connectivity index (χ4v) is 3.43. The number of nitrogens with zero attached hydrogens (tertiary/aromatic N) is 2. The summed E-state index contributed by atoms with van der Waals surface area (Å²) < 4.78 is 6.50. The third-order valence-electron chi connectivity index (χ3n) is 4.11. The minimum atomic E-state index is -0.266. The number of halogens is 1. The summed E-state index contributed by atoms with van der Waals surface area (Å²) >= 11 is 3.61. The summed E-state index contributed by atoms with van der Waals surface area (Å²) in [6.45, 7) is 0.462. The second-order valence-electron chi connectivity index (χ2n) is 5.99. The number of rotatable bonds is 5. The molecule has 2 amide bonds. The molecule has 0 atom stereocenters. The molecule has 0 spiro atoms. The SMILES string of the molecule is COc1ccc(NC(=O)NCc2ccccc2)cc1C1=C(Br)CC=NN1C. The number of nitrogens with one attached hydrogen (secondary N) is 2. The summed E-state index contributed by atoms with van der Waals surface area (Å²) in [6, 6.07) is 15.0. The molecule has 0 fully saturated rings. The molecule has 1 heterocycles. The molecule has 27 heavy (non-hydrogen) atoms. The zero-order valence-electron chi connectivity index (χ0n) is 15.2. The van der Waals surface area contributed by atoms with Crippen LogP contribution < -0.4 is 15.4 Å². The number of hydrazone groups is 1. The molecule has 140 valence electrons. The van der Waals surface area contributed by atoms with Gasteiger partial charge >= 0.3 is 6.03 Å². The first-order chi connectivity index (χ1) is 13.1. The fourth-order valence-electron chi connectivity index (χ4n) is 2.82. The van der Waals surface area contributed by atoms with Gasteiger partial charge in [-0.2, -0.15) is 5.10 Å². The Morgan fingerprint density at radius 3 is 2.74 bits per heavy atom. The molecule has 6 nitrogen and oxygen atoms in total. The van der Waals surface area contributed by atoms with Crippen LogP contribution in [0.3, 0.4) is 0 Å². The number of ether oxygens (including phenoxy) is 1. The molecule has 3 rings (SSSR count). The molecule has 0 aliphatic carbocycles. The number of amides is 2. The summed E-state index contributed by atoms with van der Waals surface area (Å²) in [5.74, 6) is 0.709. The van der Waals surface area contributed by atoms with Crippen molar-refractivity contribution in [1.29, 1.82) is 0 Å². The second-order valence-corrected chi connectivity index (χ2v) is 6.94. The van der Waals surface area contributed by atoms with E-state index in [4.69, 9.17) is 4.74 Å². The number of benzene rings is 2. The van der Waals surface area contributed by atoms with E-state index < -0.39 is 0 Å². The quantitative estimate of drug-likeness (QED) is 0.741. The van der Waals surface area contributed by atoms with Crippen molar-refractivity contribution in [2.24, 2.45) is 5.10 Å². The Balaban J connectivity index is 1.76. The molecule has 0 saturated carbocycles. The van der Waals surface area contributed by atoms with Gasteiger partial charge < -0.3 is 15.4 Å². The highest BCUT2D eigenvalue weighted by molar-refractivity contribution is 9.11. The van der Waals surface area contributed by atoms with Gasteiger partial charge in [0.2, 0.25) is 0 Å². The lowest BCUT2D eigenvalue weighted by Crippen LogP contribution is -2.28. The maximum atomic E-state index is 12.2. The van der Waals surface area contributed by atoms with Crippen molar-refractivity contribution in [1.82, 2.24) is 10.3 Å². The van der Waals surface area contributed by atoms with Crippen LogP contribution in [0.5, 0.6) is 5.75 Å². The molecular weight excluding hydrogens is 408 g/mol. The van der Waals surface area contributed by atoms with Crippen LogP contribution in [-0.2, 0) is 6.54 Å². The van der Waals surface area contributed by atoms with Gasteiger partial charge in [-0.1, -0.05) is 46.3 Å².